The largest absolute Gasteiger partial charge is 0.336 e. The van der Waals surface area contributed by atoms with Crippen LogP contribution in [-0.2, 0) is 9.84 Å². The van der Waals surface area contributed by atoms with Crippen molar-refractivity contribution < 1.29 is 13.2 Å². The van der Waals surface area contributed by atoms with Gasteiger partial charge in [-0.25, -0.2) is 8.42 Å². The summed E-state index contributed by atoms with van der Waals surface area (Å²) in [5, 5.41) is 4.36. The number of sulfone groups is 1. The summed E-state index contributed by atoms with van der Waals surface area (Å²) in [6.07, 6.45) is 6.58. The molecule has 10 heteroatoms. The quantitative estimate of drug-likeness (QED) is 0.692. The van der Waals surface area contributed by atoms with Gasteiger partial charge in [0.25, 0.3) is 5.91 Å². The maximum absolute atomic E-state index is 13.1. The van der Waals surface area contributed by atoms with Crippen LogP contribution in [0.2, 0.25) is 5.02 Å². The number of benzene rings is 1. The van der Waals surface area contributed by atoms with E-state index in [-0.39, 0.29) is 28.7 Å². The minimum Gasteiger partial charge on any atom is -0.336 e. The summed E-state index contributed by atoms with van der Waals surface area (Å²) in [6, 6.07) is 5.78. The van der Waals surface area contributed by atoms with Gasteiger partial charge in [-0.15, -0.1) is 0 Å². The third-order valence-corrected chi connectivity index (χ3v) is 10.4. The van der Waals surface area contributed by atoms with Crippen LogP contribution in [0.5, 0.6) is 0 Å². The Hall–Kier alpha value is -1.29. The summed E-state index contributed by atoms with van der Waals surface area (Å²) in [5.74, 6) is 0.294. The molecule has 7 nitrogen and oxygen atoms in total. The Morgan fingerprint density at radius 1 is 1.09 bits per heavy atom. The van der Waals surface area contributed by atoms with E-state index in [1.165, 1.54) is 43.9 Å². The number of aliphatic imine (C=N–C) groups is 1. The molecule has 4 aliphatic rings. The first-order chi connectivity index (χ1) is 15.4. The second-order valence-corrected chi connectivity index (χ2v) is 13.0. The average Bonchev–Trinajstić information content (AvgIpc) is 3.28. The van der Waals surface area contributed by atoms with Crippen molar-refractivity contribution in [2.24, 2.45) is 4.99 Å². The van der Waals surface area contributed by atoms with E-state index in [9.17, 15) is 13.2 Å². The third-order valence-electron chi connectivity index (χ3n) is 6.97. The van der Waals surface area contributed by atoms with Crippen molar-refractivity contribution in [3.8, 4) is 0 Å². The lowest BCUT2D eigenvalue weighted by Gasteiger charge is -2.40. The van der Waals surface area contributed by atoms with Gasteiger partial charge in [0.2, 0.25) is 0 Å². The van der Waals surface area contributed by atoms with E-state index < -0.39 is 9.84 Å². The van der Waals surface area contributed by atoms with E-state index in [1.807, 2.05) is 4.90 Å². The summed E-state index contributed by atoms with van der Waals surface area (Å²) < 4.78 is 23.5. The average molecular weight is 497 g/mol. The second-order valence-electron chi connectivity index (χ2n) is 9.17. The summed E-state index contributed by atoms with van der Waals surface area (Å²) in [7, 11) is -2.99. The molecule has 0 radical (unpaired) electrons. The molecule has 174 valence electrons. The molecule has 3 aliphatic heterocycles. The van der Waals surface area contributed by atoms with Crippen LogP contribution in [0.3, 0.4) is 0 Å². The van der Waals surface area contributed by atoms with Gasteiger partial charge in [0, 0.05) is 43.0 Å². The van der Waals surface area contributed by atoms with Crippen molar-refractivity contribution in [1.82, 2.24) is 9.80 Å². The molecule has 0 spiro atoms. The molecule has 3 fully saturated rings. The smallest absolute Gasteiger partial charge is 0.254 e. The molecular weight excluding hydrogens is 468 g/mol. The zero-order valence-corrected chi connectivity index (χ0v) is 20.4. The lowest BCUT2D eigenvalue weighted by molar-refractivity contribution is 0.0523. The number of nitrogens with one attached hydrogen (secondary N) is 1. The second kappa shape index (κ2) is 9.16. The zero-order chi connectivity index (χ0) is 22.3. The minimum absolute atomic E-state index is 0.0250. The normalized spacial score (nSPS) is 28.4. The first-order valence-electron chi connectivity index (χ1n) is 11.4. The topological polar surface area (TPSA) is 82.1 Å². The molecule has 32 heavy (non-hydrogen) atoms. The van der Waals surface area contributed by atoms with Crippen LogP contribution in [-0.4, -0.2) is 84.3 Å². The van der Waals surface area contributed by atoms with Gasteiger partial charge < -0.3 is 10.2 Å². The molecule has 1 aromatic rings. The number of amides is 1. The van der Waals surface area contributed by atoms with E-state index >= 15 is 0 Å². The summed E-state index contributed by atoms with van der Waals surface area (Å²) in [4.78, 5) is 22.2. The molecule has 5 rings (SSSR count). The summed E-state index contributed by atoms with van der Waals surface area (Å²) in [5.41, 5.74) is 1.24. The van der Waals surface area contributed by atoms with Gasteiger partial charge in [-0.1, -0.05) is 42.6 Å². The number of amidine groups is 1. The summed E-state index contributed by atoms with van der Waals surface area (Å²) >= 11 is 7.83. The molecule has 3 heterocycles. The predicted octanol–water partition coefficient (Wildman–Crippen LogP) is 3.11. The maximum atomic E-state index is 13.1. The molecule has 0 unspecified atom stereocenters. The number of piperazine rings is 1. The van der Waals surface area contributed by atoms with Crippen LogP contribution in [0, 0.1) is 0 Å². The predicted molar refractivity (Wildman–Crippen MR) is 131 cm³/mol. The molecule has 1 aliphatic carbocycles. The number of carbonyl (C=O) groups is 1. The van der Waals surface area contributed by atoms with Gasteiger partial charge >= 0.3 is 0 Å². The van der Waals surface area contributed by atoms with E-state index in [0.29, 0.717) is 27.5 Å². The van der Waals surface area contributed by atoms with Crippen molar-refractivity contribution >= 4 is 50.0 Å². The maximum Gasteiger partial charge on any atom is 0.254 e. The third kappa shape index (κ3) is 4.81. The van der Waals surface area contributed by atoms with E-state index in [1.54, 1.807) is 18.2 Å². The van der Waals surface area contributed by atoms with E-state index in [0.717, 1.165) is 26.2 Å². The van der Waals surface area contributed by atoms with Crippen LogP contribution < -0.4 is 5.32 Å². The first-order valence-corrected chi connectivity index (χ1v) is 14.5. The highest BCUT2D eigenvalue weighted by molar-refractivity contribution is 8.15. The van der Waals surface area contributed by atoms with Crippen LogP contribution in [0.1, 0.15) is 42.5 Å². The number of hydrogen-bond acceptors (Lipinski definition) is 7. The van der Waals surface area contributed by atoms with E-state index in [2.05, 4.69) is 15.2 Å². The molecule has 1 saturated carbocycles. The monoisotopic (exact) mass is 496 g/mol. The van der Waals surface area contributed by atoms with Crippen molar-refractivity contribution in [2.75, 3.05) is 43.0 Å². The molecule has 1 N–H and O–H groups in total. The minimum atomic E-state index is -2.99. The molecule has 0 aromatic heterocycles. The highest BCUT2D eigenvalue weighted by atomic mass is 35.5. The van der Waals surface area contributed by atoms with Crippen LogP contribution in [0.15, 0.2) is 23.2 Å². The lowest BCUT2D eigenvalue weighted by atomic mass is 9.94. The van der Waals surface area contributed by atoms with E-state index in [4.69, 9.17) is 11.6 Å². The number of nitrogens with zero attached hydrogens (tertiary/aromatic N) is 3. The van der Waals surface area contributed by atoms with Crippen molar-refractivity contribution in [1.29, 1.82) is 0 Å². The SMILES string of the molecule is O=C(c1ccc(Cl)c(NC2=N[C@@H]3CS(=O)(=O)C[C@H]3S2)c1)N1CCN(C2CCCCC2)CC1. The van der Waals surface area contributed by atoms with Crippen molar-refractivity contribution in [3.63, 3.8) is 0 Å². The Morgan fingerprint density at radius 2 is 1.84 bits per heavy atom. The Kier molecular flexibility index (Phi) is 6.44. The highest BCUT2D eigenvalue weighted by Gasteiger charge is 2.42. The van der Waals surface area contributed by atoms with Gasteiger partial charge in [-0.2, -0.15) is 0 Å². The van der Waals surface area contributed by atoms with Crippen LogP contribution in [0.25, 0.3) is 0 Å². The Bertz CT molecular complexity index is 1020. The van der Waals surface area contributed by atoms with Gasteiger partial charge in [-0.05, 0) is 31.0 Å². The zero-order valence-electron chi connectivity index (χ0n) is 18.0. The number of fused-ring (bicyclic) bond motifs is 1. The van der Waals surface area contributed by atoms with Gasteiger partial charge in [0.05, 0.1) is 28.3 Å². The number of halogens is 1. The molecule has 0 bridgehead atoms. The fraction of sp³-hybridized carbons (Fsp3) is 0.636. The van der Waals surface area contributed by atoms with Gasteiger partial charge in [0.1, 0.15) is 0 Å². The fourth-order valence-electron chi connectivity index (χ4n) is 5.20. The van der Waals surface area contributed by atoms with Crippen LogP contribution in [0.4, 0.5) is 5.69 Å². The highest BCUT2D eigenvalue weighted by Crippen LogP contribution is 2.36. The van der Waals surface area contributed by atoms with Crippen molar-refractivity contribution in [3.05, 3.63) is 28.8 Å². The van der Waals surface area contributed by atoms with Gasteiger partial charge in [0.15, 0.2) is 15.0 Å². The molecule has 1 aromatic carbocycles. The number of rotatable bonds is 3. The number of anilines is 1. The standard InChI is InChI=1S/C22H29ClN4O3S2/c23-17-7-6-15(12-18(17)24-22-25-19-13-32(29,30)14-20(19)31-22)21(28)27-10-8-26(9-11-27)16-4-2-1-3-5-16/h6-7,12,16,19-20H,1-5,8-11,13-14H2,(H,24,25)/t19-,20-/m1/s1. The summed E-state index contributed by atoms with van der Waals surface area (Å²) in [6.45, 7) is 3.38. The Balaban J connectivity index is 1.22. The molecular formula is C22H29ClN4O3S2. The molecule has 2 atom stereocenters. The Morgan fingerprint density at radius 3 is 2.56 bits per heavy atom. The Labute approximate surface area is 198 Å². The molecule has 1 amide bonds. The van der Waals surface area contributed by atoms with Crippen molar-refractivity contribution in [2.45, 2.75) is 49.4 Å². The number of carbonyl (C=O) groups excluding carboxylic acids is 1. The molecule has 2 saturated heterocycles. The lowest BCUT2D eigenvalue weighted by Crippen LogP contribution is -2.52. The fourth-order valence-corrected chi connectivity index (χ4v) is 9.04. The first kappa shape index (κ1) is 22.5. The number of thioether (sulfide) groups is 1. The van der Waals surface area contributed by atoms with Gasteiger partial charge in [-0.3, -0.25) is 14.7 Å². The van der Waals surface area contributed by atoms with Crippen LogP contribution >= 0.6 is 23.4 Å². The number of hydrogen-bond donors (Lipinski definition) is 1.